The summed E-state index contributed by atoms with van der Waals surface area (Å²) in [5.41, 5.74) is 0.941. The Morgan fingerprint density at radius 1 is 0.920 bits per heavy atom. The molecule has 0 aliphatic heterocycles. The molecule has 2 aromatic carbocycles. The molecule has 7 heteroatoms. The van der Waals surface area contributed by atoms with E-state index >= 15 is 0 Å². The lowest BCUT2D eigenvalue weighted by molar-refractivity contribution is -0.118. The molecule has 0 unspecified atom stereocenters. The van der Waals surface area contributed by atoms with Crippen LogP contribution >= 0.6 is 0 Å². The summed E-state index contributed by atoms with van der Waals surface area (Å²) in [4.78, 5) is 23.4. The van der Waals surface area contributed by atoms with E-state index < -0.39 is 5.97 Å². The van der Waals surface area contributed by atoms with Crippen LogP contribution in [0.3, 0.4) is 0 Å². The van der Waals surface area contributed by atoms with Crippen LogP contribution in [0, 0.1) is 0 Å². The zero-order chi connectivity index (χ0) is 18.2. The van der Waals surface area contributed by atoms with Gasteiger partial charge in [-0.2, -0.15) is 0 Å². The third-order valence-electron chi connectivity index (χ3n) is 3.32. The third-order valence-corrected chi connectivity index (χ3v) is 3.32. The fourth-order valence-corrected chi connectivity index (χ4v) is 2.12. The van der Waals surface area contributed by atoms with E-state index in [0.29, 0.717) is 28.5 Å². The van der Waals surface area contributed by atoms with E-state index in [4.69, 9.17) is 14.2 Å². The van der Waals surface area contributed by atoms with Gasteiger partial charge in [0, 0.05) is 5.69 Å². The number of ether oxygens (including phenoxy) is 4. The van der Waals surface area contributed by atoms with Crippen LogP contribution in [0.2, 0.25) is 0 Å². The maximum atomic E-state index is 12.0. The number of anilines is 1. The fourth-order valence-electron chi connectivity index (χ4n) is 2.12. The number of benzene rings is 2. The Kier molecular flexibility index (Phi) is 6.22. The number of hydrogen-bond acceptors (Lipinski definition) is 6. The molecule has 0 bridgehead atoms. The molecule has 0 aliphatic rings. The molecule has 0 fully saturated rings. The zero-order valence-electron chi connectivity index (χ0n) is 14.2. The van der Waals surface area contributed by atoms with Crippen molar-refractivity contribution in [3.05, 3.63) is 48.0 Å². The summed E-state index contributed by atoms with van der Waals surface area (Å²) in [5, 5.41) is 2.67. The highest BCUT2D eigenvalue weighted by Gasteiger charge is 2.12. The van der Waals surface area contributed by atoms with Crippen molar-refractivity contribution < 1.29 is 28.5 Å². The Bertz CT molecular complexity index is 742. The fraction of sp³-hybridized carbons (Fsp3) is 0.222. The molecule has 25 heavy (non-hydrogen) atoms. The van der Waals surface area contributed by atoms with Crippen LogP contribution in [0.5, 0.6) is 17.2 Å². The van der Waals surface area contributed by atoms with Gasteiger partial charge in [-0.05, 0) is 36.4 Å². The van der Waals surface area contributed by atoms with Crippen molar-refractivity contribution in [2.45, 2.75) is 0 Å². The van der Waals surface area contributed by atoms with Gasteiger partial charge >= 0.3 is 5.97 Å². The van der Waals surface area contributed by atoms with E-state index in [1.165, 1.54) is 21.3 Å². The second kappa shape index (κ2) is 8.58. The van der Waals surface area contributed by atoms with Crippen LogP contribution in [0.1, 0.15) is 10.4 Å². The van der Waals surface area contributed by atoms with Gasteiger partial charge in [0.05, 0.1) is 26.9 Å². The summed E-state index contributed by atoms with van der Waals surface area (Å²) in [6, 6.07) is 11.5. The summed E-state index contributed by atoms with van der Waals surface area (Å²) in [6.07, 6.45) is 0. The minimum absolute atomic E-state index is 0.206. The van der Waals surface area contributed by atoms with Crippen molar-refractivity contribution in [3.8, 4) is 17.2 Å². The predicted octanol–water partition coefficient (Wildman–Crippen LogP) is 2.51. The van der Waals surface area contributed by atoms with Crippen LogP contribution < -0.4 is 19.5 Å². The molecule has 0 saturated heterocycles. The summed E-state index contributed by atoms with van der Waals surface area (Å²) in [7, 11) is 4.32. The Balaban J connectivity index is 1.96. The number of esters is 1. The van der Waals surface area contributed by atoms with Gasteiger partial charge in [-0.1, -0.05) is 6.07 Å². The molecule has 0 spiro atoms. The monoisotopic (exact) mass is 345 g/mol. The van der Waals surface area contributed by atoms with Crippen LogP contribution in [0.4, 0.5) is 5.69 Å². The van der Waals surface area contributed by atoms with E-state index in [1.54, 1.807) is 42.5 Å². The lowest BCUT2D eigenvalue weighted by Crippen LogP contribution is -2.20. The number of carbonyl (C=O) groups excluding carboxylic acids is 2. The molecule has 0 atom stereocenters. The number of nitrogens with one attached hydrogen (secondary N) is 1. The molecule has 132 valence electrons. The molecule has 0 aliphatic carbocycles. The van der Waals surface area contributed by atoms with Crippen molar-refractivity contribution in [2.24, 2.45) is 0 Å². The molecule has 0 heterocycles. The minimum Gasteiger partial charge on any atom is -0.493 e. The van der Waals surface area contributed by atoms with Crippen molar-refractivity contribution in [3.63, 3.8) is 0 Å². The molecule has 1 amide bonds. The molecule has 2 aromatic rings. The van der Waals surface area contributed by atoms with Crippen LogP contribution in [-0.4, -0.2) is 39.8 Å². The zero-order valence-corrected chi connectivity index (χ0v) is 14.2. The van der Waals surface area contributed by atoms with Gasteiger partial charge in [-0.3, -0.25) is 4.79 Å². The third kappa shape index (κ3) is 4.63. The Morgan fingerprint density at radius 2 is 1.60 bits per heavy atom. The van der Waals surface area contributed by atoms with Crippen LogP contribution in [-0.2, 0) is 9.53 Å². The Hall–Kier alpha value is -3.22. The number of amides is 1. The standard InChI is InChI=1S/C18H19NO6/c1-22-14-5-4-6-15(17(14)23-2)25-11-16(20)19-13-9-7-12(8-10-13)18(21)24-3/h4-10H,11H2,1-3H3,(H,19,20). The average molecular weight is 345 g/mol. The highest BCUT2D eigenvalue weighted by Crippen LogP contribution is 2.36. The SMILES string of the molecule is COC(=O)c1ccc(NC(=O)COc2cccc(OC)c2OC)cc1. The predicted molar refractivity (Wildman–Crippen MR) is 91.5 cm³/mol. The van der Waals surface area contributed by atoms with Gasteiger partial charge in [-0.15, -0.1) is 0 Å². The van der Waals surface area contributed by atoms with Crippen LogP contribution in [0.25, 0.3) is 0 Å². The summed E-state index contributed by atoms with van der Waals surface area (Å²) in [6.45, 7) is -0.206. The largest absolute Gasteiger partial charge is 0.493 e. The number of methoxy groups -OCH3 is 3. The second-order valence-electron chi connectivity index (χ2n) is 4.90. The van der Waals surface area contributed by atoms with Gasteiger partial charge in [-0.25, -0.2) is 4.79 Å². The lowest BCUT2D eigenvalue weighted by Gasteiger charge is -2.13. The average Bonchev–Trinajstić information content (AvgIpc) is 2.65. The summed E-state index contributed by atoms with van der Waals surface area (Å²) < 4.78 is 20.5. The molecule has 0 aromatic heterocycles. The number of rotatable bonds is 7. The molecule has 7 nitrogen and oxygen atoms in total. The van der Waals surface area contributed by atoms with E-state index in [1.807, 2.05) is 0 Å². The first-order valence-electron chi connectivity index (χ1n) is 7.41. The topological polar surface area (TPSA) is 83.1 Å². The number of hydrogen-bond donors (Lipinski definition) is 1. The quantitative estimate of drug-likeness (QED) is 0.777. The molecule has 0 saturated carbocycles. The Morgan fingerprint density at radius 3 is 2.20 bits per heavy atom. The first-order valence-corrected chi connectivity index (χ1v) is 7.41. The van der Waals surface area contributed by atoms with E-state index in [-0.39, 0.29) is 12.5 Å². The minimum atomic E-state index is -0.439. The lowest BCUT2D eigenvalue weighted by atomic mass is 10.2. The van der Waals surface area contributed by atoms with E-state index in [2.05, 4.69) is 10.1 Å². The summed E-state index contributed by atoms with van der Waals surface area (Å²) in [5.74, 6) is 0.541. The van der Waals surface area contributed by atoms with Crippen LogP contribution in [0.15, 0.2) is 42.5 Å². The Labute approximate surface area is 145 Å². The van der Waals surface area contributed by atoms with Crippen molar-refractivity contribution in [1.29, 1.82) is 0 Å². The molecule has 2 rings (SSSR count). The summed E-state index contributed by atoms with van der Waals surface area (Å²) >= 11 is 0. The van der Waals surface area contributed by atoms with Gasteiger partial charge in [0.25, 0.3) is 5.91 Å². The van der Waals surface area contributed by atoms with Gasteiger partial charge < -0.3 is 24.3 Å². The maximum absolute atomic E-state index is 12.0. The highest BCUT2D eigenvalue weighted by atomic mass is 16.5. The normalized spacial score (nSPS) is 9.88. The molecular formula is C18H19NO6. The van der Waals surface area contributed by atoms with Crippen molar-refractivity contribution in [2.75, 3.05) is 33.3 Å². The maximum Gasteiger partial charge on any atom is 0.337 e. The molecule has 0 radical (unpaired) electrons. The highest BCUT2D eigenvalue weighted by molar-refractivity contribution is 5.93. The van der Waals surface area contributed by atoms with E-state index in [9.17, 15) is 9.59 Å². The van der Waals surface area contributed by atoms with Crippen molar-refractivity contribution >= 4 is 17.6 Å². The van der Waals surface area contributed by atoms with Gasteiger partial charge in [0.1, 0.15) is 0 Å². The first-order chi connectivity index (χ1) is 12.1. The van der Waals surface area contributed by atoms with Gasteiger partial charge in [0.2, 0.25) is 5.75 Å². The van der Waals surface area contributed by atoms with Gasteiger partial charge in [0.15, 0.2) is 18.1 Å². The molecule has 1 N–H and O–H groups in total. The van der Waals surface area contributed by atoms with E-state index in [0.717, 1.165) is 0 Å². The number of para-hydroxylation sites is 1. The molecular weight excluding hydrogens is 326 g/mol. The smallest absolute Gasteiger partial charge is 0.337 e. The number of carbonyl (C=O) groups is 2. The second-order valence-corrected chi connectivity index (χ2v) is 4.90. The first kappa shape index (κ1) is 18.1. The van der Waals surface area contributed by atoms with Crippen molar-refractivity contribution in [1.82, 2.24) is 0 Å².